The predicted octanol–water partition coefficient (Wildman–Crippen LogP) is 1.85. The molecule has 1 aliphatic heterocycles. The van der Waals surface area contributed by atoms with Gasteiger partial charge in [-0.05, 0) is 28.1 Å². The third-order valence-corrected chi connectivity index (χ3v) is 3.01. The number of carbonyl (C=O) groups excluding carboxylic acids is 1. The van der Waals surface area contributed by atoms with E-state index < -0.39 is 12.2 Å². The first-order chi connectivity index (χ1) is 7.59. The van der Waals surface area contributed by atoms with Crippen LogP contribution in [0.1, 0.15) is 10.6 Å². The molecule has 1 saturated heterocycles. The van der Waals surface area contributed by atoms with E-state index in [-0.39, 0.29) is 24.9 Å². The molecule has 1 aromatic rings. The Balaban J connectivity index is 2.10. The van der Waals surface area contributed by atoms with E-state index >= 15 is 0 Å². The van der Waals surface area contributed by atoms with Gasteiger partial charge in [-0.1, -0.05) is 0 Å². The van der Waals surface area contributed by atoms with Crippen LogP contribution in [0.5, 0.6) is 0 Å². The summed E-state index contributed by atoms with van der Waals surface area (Å²) in [5.41, 5.74) is 0. The normalized spacial score (nSPS) is 24.7. The summed E-state index contributed by atoms with van der Waals surface area (Å²) >= 11 is 3.11. The van der Waals surface area contributed by atoms with Crippen molar-refractivity contribution in [2.24, 2.45) is 0 Å². The summed E-state index contributed by atoms with van der Waals surface area (Å²) in [5, 5.41) is 0. The molecule has 6 heteroatoms. The largest absolute Gasteiger partial charge is 0.444 e. The summed E-state index contributed by atoms with van der Waals surface area (Å²) in [5.74, 6) is -0.155. The fourth-order valence-electron chi connectivity index (χ4n) is 1.62. The van der Waals surface area contributed by atoms with Crippen LogP contribution in [0, 0.1) is 0 Å². The zero-order valence-corrected chi connectivity index (χ0v) is 10.2. The van der Waals surface area contributed by atoms with E-state index in [1.165, 1.54) is 4.90 Å². The number of hydrogen-bond donors (Lipinski definition) is 0. The molecule has 1 fully saturated rings. The molecule has 0 radical (unpaired) electrons. The standard InChI is InChI=1S/C10H11BrFNO3/c1-13(7-5-15-4-6(7)12)10(14)8-2-3-9(11)16-8/h2-3,6-7H,4-5H2,1H3/t6-,7-/m1/s1. The first-order valence-corrected chi connectivity index (χ1v) is 5.63. The van der Waals surface area contributed by atoms with Gasteiger partial charge in [0, 0.05) is 7.05 Å². The van der Waals surface area contributed by atoms with E-state index in [0.29, 0.717) is 4.67 Å². The van der Waals surface area contributed by atoms with Crippen LogP contribution in [0.25, 0.3) is 0 Å². The molecule has 88 valence electrons. The van der Waals surface area contributed by atoms with Gasteiger partial charge < -0.3 is 14.1 Å². The average Bonchev–Trinajstić information content (AvgIpc) is 2.85. The molecule has 0 aliphatic carbocycles. The van der Waals surface area contributed by atoms with Crippen molar-refractivity contribution < 1.29 is 18.3 Å². The van der Waals surface area contributed by atoms with Crippen molar-refractivity contribution in [3.05, 3.63) is 22.6 Å². The van der Waals surface area contributed by atoms with Crippen LogP contribution in [-0.2, 0) is 4.74 Å². The number of likely N-dealkylation sites (N-methyl/N-ethyl adjacent to an activating group) is 1. The summed E-state index contributed by atoms with van der Waals surface area (Å²) in [6.07, 6.45) is -1.13. The Labute approximate surface area is 100 Å². The highest BCUT2D eigenvalue weighted by Gasteiger charge is 2.34. The van der Waals surface area contributed by atoms with Crippen LogP contribution in [0.15, 0.2) is 21.2 Å². The summed E-state index contributed by atoms with van der Waals surface area (Å²) in [4.78, 5) is 13.2. The number of carbonyl (C=O) groups is 1. The minimum atomic E-state index is -1.13. The number of alkyl halides is 1. The second-order valence-corrected chi connectivity index (χ2v) is 4.42. The highest BCUT2D eigenvalue weighted by Crippen LogP contribution is 2.20. The smallest absolute Gasteiger partial charge is 0.289 e. The molecule has 0 unspecified atom stereocenters. The summed E-state index contributed by atoms with van der Waals surface area (Å²) in [6, 6.07) is 2.64. The molecule has 0 bridgehead atoms. The molecule has 0 spiro atoms. The SMILES string of the molecule is CN(C(=O)c1ccc(Br)o1)[C@@H]1COC[C@H]1F. The zero-order valence-electron chi connectivity index (χ0n) is 8.65. The maximum Gasteiger partial charge on any atom is 0.289 e. The molecule has 1 aromatic heterocycles. The summed E-state index contributed by atoms with van der Waals surface area (Å²) in [7, 11) is 1.55. The van der Waals surface area contributed by atoms with E-state index in [1.54, 1.807) is 19.2 Å². The molecule has 4 nitrogen and oxygen atoms in total. The molecular formula is C10H11BrFNO3. The number of furan rings is 1. The van der Waals surface area contributed by atoms with Crippen molar-refractivity contribution in [3.8, 4) is 0 Å². The maximum absolute atomic E-state index is 13.4. The quantitative estimate of drug-likeness (QED) is 0.835. The highest BCUT2D eigenvalue weighted by molar-refractivity contribution is 9.10. The Morgan fingerprint density at radius 2 is 2.31 bits per heavy atom. The number of amides is 1. The first-order valence-electron chi connectivity index (χ1n) is 4.84. The second-order valence-electron chi connectivity index (χ2n) is 3.64. The predicted molar refractivity (Wildman–Crippen MR) is 58.0 cm³/mol. The van der Waals surface area contributed by atoms with Crippen LogP contribution in [0.2, 0.25) is 0 Å². The second kappa shape index (κ2) is 4.55. The highest BCUT2D eigenvalue weighted by atomic mass is 79.9. The van der Waals surface area contributed by atoms with E-state index in [9.17, 15) is 9.18 Å². The Bertz CT molecular complexity index is 395. The number of nitrogens with zero attached hydrogens (tertiary/aromatic N) is 1. The molecule has 1 amide bonds. The number of halogens is 2. The molecule has 0 aromatic carbocycles. The van der Waals surface area contributed by atoms with E-state index in [2.05, 4.69) is 15.9 Å². The Hall–Kier alpha value is -0.880. The van der Waals surface area contributed by atoms with Gasteiger partial charge in [0.25, 0.3) is 5.91 Å². The van der Waals surface area contributed by atoms with E-state index in [1.807, 2.05) is 0 Å². The lowest BCUT2D eigenvalue weighted by molar-refractivity contribution is 0.0639. The molecule has 16 heavy (non-hydrogen) atoms. The molecular weight excluding hydrogens is 281 g/mol. The topological polar surface area (TPSA) is 42.7 Å². The van der Waals surface area contributed by atoms with Gasteiger partial charge in [0.05, 0.1) is 19.3 Å². The van der Waals surface area contributed by atoms with Gasteiger partial charge in [-0.3, -0.25) is 4.79 Å². The number of hydrogen-bond acceptors (Lipinski definition) is 3. The monoisotopic (exact) mass is 291 g/mol. The van der Waals surface area contributed by atoms with Crippen LogP contribution in [0.3, 0.4) is 0 Å². The van der Waals surface area contributed by atoms with Crippen molar-refractivity contribution >= 4 is 21.8 Å². The van der Waals surface area contributed by atoms with Gasteiger partial charge in [-0.2, -0.15) is 0 Å². The van der Waals surface area contributed by atoms with Gasteiger partial charge >= 0.3 is 0 Å². The molecule has 1 aliphatic rings. The summed E-state index contributed by atoms with van der Waals surface area (Å²) in [6.45, 7) is 0.273. The minimum Gasteiger partial charge on any atom is -0.444 e. The molecule has 0 saturated carbocycles. The van der Waals surface area contributed by atoms with Crippen LogP contribution in [0.4, 0.5) is 4.39 Å². The van der Waals surface area contributed by atoms with Crippen molar-refractivity contribution in [2.45, 2.75) is 12.2 Å². The van der Waals surface area contributed by atoms with Gasteiger partial charge in [-0.15, -0.1) is 0 Å². The van der Waals surface area contributed by atoms with Gasteiger partial charge in [-0.25, -0.2) is 4.39 Å². The number of ether oxygens (including phenoxy) is 1. The van der Waals surface area contributed by atoms with Crippen LogP contribution in [-0.4, -0.2) is 43.3 Å². The molecule has 2 heterocycles. The average molecular weight is 292 g/mol. The van der Waals surface area contributed by atoms with Gasteiger partial charge in [0.15, 0.2) is 10.4 Å². The van der Waals surface area contributed by atoms with E-state index in [0.717, 1.165) is 0 Å². The summed E-state index contributed by atoms with van der Waals surface area (Å²) < 4.78 is 23.9. The Morgan fingerprint density at radius 1 is 1.56 bits per heavy atom. The van der Waals surface area contributed by atoms with Crippen molar-refractivity contribution in [1.29, 1.82) is 0 Å². The van der Waals surface area contributed by atoms with Crippen LogP contribution < -0.4 is 0 Å². The molecule has 2 rings (SSSR count). The Morgan fingerprint density at radius 3 is 2.81 bits per heavy atom. The Kier molecular flexibility index (Phi) is 3.30. The lowest BCUT2D eigenvalue weighted by atomic mass is 10.2. The first kappa shape index (κ1) is 11.6. The minimum absolute atomic E-state index is 0.0458. The third kappa shape index (κ3) is 2.12. The molecule has 2 atom stereocenters. The lowest BCUT2D eigenvalue weighted by Gasteiger charge is -2.23. The van der Waals surface area contributed by atoms with Gasteiger partial charge in [0.2, 0.25) is 0 Å². The van der Waals surface area contributed by atoms with E-state index in [4.69, 9.17) is 9.15 Å². The number of rotatable bonds is 2. The maximum atomic E-state index is 13.4. The fraction of sp³-hybridized carbons (Fsp3) is 0.500. The third-order valence-electron chi connectivity index (χ3n) is 2.58. The van der Waals surface area contributed by atoms with Gasteiger partial charge in [0.1, 0.15) is 6.17 Å². The molecule has 0 N–H and O–H groups in total. The van der Waals surface area contributed by atoms with Crippen LogP contribution >= 0.6 is 15.9 Å². The van der Waals surface area contributed by atoms with Crippen molar-refractivity contribution in [1.82, 2.24) is 4.90 Å². The lowest BCUT2D eigenvalue weighted by Crippen LogP contribution is -2.42. The fourth-order valence-corrected chi connectivity index (χ4v) is 1.93. The zero-order chi connectivity index (χ0) is 11.7. The van der Waals surface area contributed by atoms with Crippen molar-refractivity contribution in [3.63, 3.8) is 0 Å². The van der Waals surface area contributed by atoms with Crippen molar-refractivity contribution in [2.75, 3.05) is 20.3 Å².